The number of carbonyl (C=O) groups is 1. The van der Waals surface area contributed by atoms with Crippen molar-refractivity contribution in [1.82, 2.24) is 14.9 Å². The van der Waals surface area contributed by atoms with Crippen molar-refractivity contribution in [1.29, 1.82) is 0 Å². The number of anilines is 1. The Bertz CT molecular complexity index is 1350. The van der Waals surface area contributed by atoms with Gasteiger partial charge in [0.2, 0.25) is 5.91 Å². The summed E-state index contributed by atoms with van der Waals surface area (Å²) in [6, 6.07) is 5.02. The van der Waals surface area contributed by atoms with E-state index in [0.29, 0.717) is 32.0 Å². The molecule has 1 aromatic heterocycles. The van der Waals surface area contributed by atoms with Crippen LogP contribution in [0.3, 0.4) is 0 Å². The standard InChI is InChI=1S/C23H22ClF2N4O3P/c1-4-17(32)29-8-10-30(11-9-29)22-13-12-14(24)18(19-15(25)6-5-7-16(19)31)20(26)21(13)27-23(28-22)34(2,3)33/h4-7,12,31H,1,8-11H2,2-3H3. The van der Waals surface area contributed by atoms with Gasteiger partial charge in [0.15, 0.2) is 11.4 Å². The molecule has 0 aliphatic carbocycles. The Balaban J connectivity index is 1.93. The van der Waals surface area contributed by atoms with Gasteiger partial charge in [0.1, 0.15) is 30.0 Å². The maximum Gasteiger partial charge on any atom is 0.246 e. The maximum atomic E-state index is 15.9. The predicted octanol–water partition coefficient (Wildman–Crippen LogP) is 4.02. The average molecular weight is 507 g/mol. The number of aromatic nitrogens is 2. The number of piperazine rings is 1. The smallest absolute Gasteiger partial charge is 0.246 e. The van der Waals surface area contributed by atoms with Crippen LogP contribution in [0.4, 0.5) is 14.6 Å². The molecule has 7 nitrogen and oxygen atoms in total. The van der Waals surface area contributed by atoms with Crippen molar-refractivity contribution in [3.8, 4) is 16.9 Å². The normalized spacial score (nSPS) is 14.5. The van der Waals surface area contributed by atoms with Crippen LogP contribution in [0.15, 0.2) is 36.9 Å². The summed E-state index contributed by atoms with van der Waals surface area (Å²) in [7, 11) is -3.02. The SMILES string of the molecule is C=CC(=O)N1CCN(c2nc(P(C)(C)=O)nc3c(F)c(-c4c(O)cccc4F)c(Cl)cc23)CC1. The summed E-state index contributed by atoms with van der Waals surface area (Å²) < 4.78 is 43.3. The lowest BCUT2D eigenvalue weighted by Crippen LogP contribution is -2.49. The number of aromatic hydroxyl groups is 1. The molecule has 0 spiro atoms. The zero-order valence-corrected chi connectivity index (χ0v) is 20.2. The average Bonchev–Trinajstić information content (AvgIpc) is 2.79. The lowest BCUT2D eigenvalue weighted by atomic mass is 10.0. The van der Waals surface area contributed by atoms with Gasteiger partial charge in [-0.3, -0.25) is 4.79 Å². The zero-order chi connectivity index (χ0) is 24.8. The number of phenols is 1. The molecule has 1 fully saturated rings. The van der Waals surface area contributed by atoms with Gasteiger partial charge >= 0.3 is 0 Å². The molecule has 2 aromatic carbocycles. The molecule has 1 aliphatic heterocycles. The molecule has 1 aliphatic rings. The van der Waals surface area contributed by atoms with Crippen molar-refractivity contribution < 1.29 is 23.2 Å². The summed E-state index contributed by atoms with van der Waals surface area (Å²) in [6.45, 7) is 7.99. The first-order valence-electron chi connectivity index (χ1n) is 10.4. The molecule has 1 amide bonds. The van der Waals surface area contributed by atoms with Crippen LogP contribution < -0.4 is 10.5 Å². The molecule has 34 heavy (non-hydrogen) atoms. The highest BCUT2D eigenvalue weighted by Crippen LogP contribution is 2.43. The first-order valence-corrected chi connectivity index (χ1v) is 13.4. The van der Waals surface area contributed by atoms with Gasteiger partial charge < -0.3 is 19.5 Å². The number of carbonyl (C=O) groups excluding carboxylic acids is 1. The first-order chi connectivity index (χ1) is 16.0. The third-order valence-corrected chi connectivity index (χ3v) is 7.10. The lowest BCUT2D eigenvalue weighted by Gasteiger charge is -2.35. The Morgan fingerprint density at radius 1 is 1.18 bits per heavy atom. The van der Waals surface area contributed by atoms with E-state index in [4.69, 9.17) is 11.6 Å². The fourth-order valence-corrected chi connectivity index (χ4v) is 4.87. The van der Waals surface area contributed by atoms with Crippen LogP contribution in [0.25, 0.3) is 22.0 Å². The van der Waals surface area contributed by atoms with Crippen LogP contribution in [0.5, 0.6) is 5.75 Å². The van der Waals surface area contributed by atoms with E-state index >= 15 is 4.39 Å². The minimum Gasteiger partial charge on any atom is -0.507 e. The molecular formula is C23H22ClF2N4O3P. The van der Waals surface area contributed by atoms with Crippen LogP contribution in [0.2, 0.25) is 5.02 Å². The van der Waals surface area contributed by atoms with Crippen LogP contribution in [-0.2, 0) is 9.36 Å². The second kappa shape index (κ2) is 8.96. The van der Waals surface area contributed by atoms with Crippen LogP contribution >= 0.6 is 18.7 Å². The summed E-state index contributed by atoms with van der Waals surface area (Å²) in [5, 5.41) is 10.3. The molecule has 3 aromatic rings. The molecule has 1 saturated heterocycles. The van der Waals surface area contributed by atoms with Gasteiger partial charge in [-0.2, -0.15) is 0 Å². The van der Waals surface area contributed by atoms with Gasteiger partial charge in [0, 0.05) is 37.1 Å². The predicted molar refractivity (Wildman–Crippen MR) is 130 cm³/mol. The van der Waals surface area contributed by atoms with Crippen molar-refractivity contribution in [2.75, 3.05) is 44.4 Å². The monoisotopic (exact) mass is 506 g/mol. The quantitative estimate of drug-likeness (QED) is 0.425. The van der Waals surface area contributed by atoms with E-state index in [1.54, 1.807) is 4.90 Å². The van der Waals surface area contributed by atoms with Crippen molar-refractivity contribution >= 4 is 46.9 Å². The molecule has 0 saturated carbocycles. The van der Waals surface area contributed by atoms with Crippen molar-refractivity contribution in [2.24, 2.45) is 0 Å². The van der Waals surface area contributed by atoms with E-state index in [-0.39, 0.29) is 38.5 Å². The topological polar surface area (TPSA) is 86.6 Å². The highest BCUT2D eigenvalue weighted by atomic mass is 35.5. The van der Waals surface area contributed by atoms with E-state index in [1.807, 2.05) is 4.90 Å². The van der Waals surface area contributed by atoms with Crippen molar-refractivity contribution in [3.05, 3.63) is 53.6 Å². The number of hydrogen-bond acceptors (Lipinski definition) is 6. The number of nitrogens with zero attached hydrogens (tertiary/aromatic N) is 4. The Hall–Kier alpha value is -3.03. The molecule has 1 N–H and O–H groups in total. The Morgan fingerprint density at radius 3 is 2.44 bits per heavy atom. The van der Waals surface area contributed by atoms with Crippen LogP contribution in [-0.4, -0.2) is 65.4 Å². The molecule has 2 heterocycles. The van der Waals surface area contributed by atoms with E-state index in [2.05, 4.69) is 16.5 Å². The van der Waals surface area contributed by atoms with E-state index in [1.165, 1.54) is 37.6 Å². The fraction of sp³-hybridized carbons (Fsp3) is 0.261. The number of benzene rings is 2. The summed E-state index contributed by atoms with van der Waals surface area (Å²) in [6.07, 6.45) is 1.24. The Morgan fingerprint density at radius 2 is 1.85 bits per heavy atom. The number of amides is 1. The van der Waals surface area contributed by atoms with Crippen molar-refractivity contribution in [3.63, 3.8) is 0 Å². The van der Waals surface area contributed by atoms with Gasteiger partial charge in [-0.15, -0.1) is 0 Å². The molecule has 0 atom stereocenters. The van der Waals surface area contributed by atoms with Gasteiger partial charge in [-0.05, 0) is 37.6 Å². The highest BCUT2D eigenvalue weighted by Gasteiger charge is 2.29. The third kappa shape index (κ3) is 4.26. The van der Waals surface area contributed by atoms with Gasteiger partial charge in [0.05, 0.1) is 10.6 Å². The highest BCUT2D eigenvalue weighted by molar-refractivity contribution is 7.69. The number of hydrogen-bond donors (Lipinski definition) is 1. The van der Waals surface area contributed by atoms with E-state index < -0.39 is 24.5 Å². The summed E-state index contributed by atoms with van der Waals surface area (Å²) in [5.74, 6) is -2.16. The number of phenolic OH excluding ortho intramolecular Hbond substituents is 1. The van der Waals surface area contributed by atoms with Crippen LogP contribution in [0.1, 0.15) is 0 Å². The molecule has 178 valence electrons. The van der Waals surface area contributed by atoms with E-state index in [9.17, 15) is 18.9 Å². The maximum absolute atomic E-state index is 15.9. The van der Waals surface area contributed by atoms with Crippen molar-refractivity contribution in [2.45, 2.75) is 0 Å². The number of fused-ring (bicyclic) bond motifs is 1. The zero-order valence-electron chi connectivity index (χ0n) is 18.6. The van der Waals surface area contributed by atoms with Gasteiger partial charge in [-0.1, -0.05) is 24.2 Å². The largest absolute Gasteiger partial charge is 0.507 e. The van der Waals surface area contributed by atoms with Crippen LogP contribution in [0, 0.1) is 11.6 Å². The van der Waals surface area contributed by atoms with Gasteiger partial charge in [-0.25, -0.2) is 18.7 Å². The second-order valence-electron chi connectivity index (χ2n) is 8.29. The second-order valence-corrected chi connectivity index (χ2v) is 11.8. The van der Waals surface area contributed by atoms with E-state index in [0.717, 1.165) is 6.07 Å². The van der Waals surface area contributed by atoms with Gasteiger partial charge in [0.25, 0.3) is 0 Å². The molecular weight excluding hydrogens is 485 g/mol. The minimum atomic E-state index is -3.02. The number of halogens is 3. The molecule has 0 radical (unpaired) electrons. The summed E-state index contributed by atoms with van der Waals surface area (Å²) in [4.78, 5) is 24.1. The Kier molecular flexibility index (Phi) is 6.36. The summed E-state index contributed by atoms with van der Waals surface area (Å²) in [5.41, 5.74) is -0.953. The minimum absolute atomic E-state index is 0.0375. The number of rotatable bonds is 4. The molecule has 0 unspecified atom stereocenters. The Labute approximate surface area is 200 Å². The lowest BCUT2D eigenvalue weighted by molar-refractivity contribution is -0.126. The molecule has 4 rings (SSSR count). The fourth-order valence-electron chi connectivity index (χ4n) is 3.91. The first kappa shape index (κ1) is 24.1. The molecule has 0 bridgehead atoms. The third-order valence-electron chi connectivity index (χ3n) is 5.64. The summed E-state index contributed by atoms with van der Waals surface area (Å²) >= 11 is 6.40. The molecule has 11 heteroatoms.